The van der Waals surface area contributed by atoms with E-state index in [4.69, 9.17) is 14.5 Å². The van der Waals surface area contributed by atoms with Crippen LogP contribution in [0, 0.1) is 6.92 Å². The van der Waals surface area contributed by atoms with Crippen LogP contribution in [0.3, 0.4) is 0 Å². The van der Waals surface area contributed by atoms with Crippen molar-refractivity contribution < 1.29 is 9.47 Å². The second kappa shape index (κ2) is 9.13. The van der Waals surface area contributed by atoms with Gasteiger partial charge in [0.15, 0.2) is 11.6 Å². The van der Waals surface area contributed by atoms with Crippen LogP contribution in [0.1, 0.15) is 30.0 Å². The topological polar surface area (TPSA) is 75.6 Å². The highest BCUT2D eigenvalue weighted by molar-refractivity contribution is 5.58. The van der Waals surface area contributed by atoms with Gasteiger partial charge in [-0.05, 0) is 37.0 Å². The third-order valence-corrected chi connectivity index (χ3v) is 6.60. The number of pyridine rings is 1. The zero-order chi connectivity index (χ0) is 22.8. The number of nitrogens with zero attached hydrogens (tertiary/aromatic N) is 5. The fourth-order valence-electron chi connectivity index (χ4n) is 4.64. The molecule has 5 rings (SSSR count). The van der Waals surface area contributed by atoms with E-state index in [2.05, 4.69) is 63.3 Å². The number of aryl methyl sites for hydroxylation is 1. The number of hydrogen-bond donors (Lipinski definition) is 1. The molecule has 8 nitrogen and oxygen atoms in total. The molecule has 172 valence electrons. The number of fused-ring (bicyclic) bond motifs is 1. The van der Waals surface area contributed by atoms with Crippen molar-refractivity contribution in [3.8, 4) is 11.6 Å². The maximum absolute atomic E-state index is 6.03. The Labute approximate surface area is 194 Å². The summed E-state index contributed by atoms with van der Waals surface area (Å²) in [5.41, 5.74) is 3.66. The lowest BCUT2D eigenvalue weighted by molar-refractivity contribution is 0.264. The summed E-state index contributed by atoms with van der Waals surface area (Å²) >= 11 is 0. The number of benzene rings is 1. The first kappa shape index (κ1) is 21.3. The maximum atomic E-state index is 6.03. The van der Waals surface area contributed by atoms with Crippen LogP contribution in [0.15, 0.2) is 48.8 Å². The van der Waals surface area contributed by atoms with Crippen molar-refractivity contribution in [1.82, 2.24) is 15.0 Å². The number of ether oxygens (including phenoxy) is 2. The molecule has 0 bridgehead atoms. The quantitative estimate of drug-likeness (QED) is 0.634. The number of likely N-dealkylation sites (N-methyl/N-ethyl adjacent to an activating group) is 1. The van der Waals surface area contributed by atoms with Gasteiger partial charge in [0.05, 0.1) is 19.3 Å². The lowest BCUT2D eigenvalue weighted by atomic mass is 10.00. The van der Waals surface area contributed by atoms with Gasteiger partial charge in [0.25, 0.3) is 0 Å². The molecule has 8 heteroatoms. The van der Waals surface area contributed by atoms with Gasteiger partial charge in [0.1, 0.15) is 6.61 Å². The Hall–Kier alpha value is -3.55. The van der Waals surface area contributed by atoms with Crippen LogP contribution in [0.25, 0.3) is 0 Å². The molecule has 1 unspecified atom stereocenters. The largest absolute Gasteiger partial charge is 0.486 e. The Bertz CT molecular complexity index is 1120. The first-order valence-electron chi connectivity index (χ1n) is 11.4. The van der Waals surface area contributed by atoms with Crippen molar-refractivity contribution in [3.63, 3.8) is 0 Å². The highest BCUT2D eigenvalue weighted by atomic mass is 16.5. The molecule has 2 aromatic heterocycles. The van der Waals surface area contributed by atoms with E-state index in [1.165, 1.54) is 11.1 Å². The van der Waals surface area contributed by atoms with Gasteiger partial charge in [-0.2, -0.15) is 4.98 Å². The molecule has 1 fully saturated rings. The van der Waals surface area contributed by atoms with Gasteiger partial charge in [-0.1, -0.05) is 24.3 Å². The predicted octanol–water partition coefficient (Wildman–Crippen LogP) is 3.84. The van der Waals surface area contributed by atoms with Crippen molar-refractivity contribution >= 4 is 17.5 Å². The number of piperidine rings is 1. The van der Waals surface area contributed by atoms with E-state index >= 15 is 0 Å². The Balaban J connectivity index is 1.25. The molecular weight excluding hydrogens is 416 g/mol. The van der Waals surface area contributed by atoms with Crippen molar-refractivity contribution in [1.29, 1.82) is 0 Å². The van der Waals surface area contributed by atoms with Crippen LogP contribution < -0.4 is 24.6 Å². The molecule has 1 aromatic carbocycles. The monoisotopic (exact) mass is 446 g/mol. The second-order valence-electron chi connectivity index (χ2n) is 8.64. The van der Waals surface area contributed by atoms with E-state index in [-0.39, 0.29) is 6.04 Å². The average molecular weight is 447 g/mol. The van der Waals surface area contributed by atoms with E-state index in [9.17, 15) is 0 Å². The van der Waals surface area contributed by atoms with Gasteiger partial charge in [-0.3, -0.25) is 0 Å². The number of methoxy groups -OCH3 is 1. The highest BCUT2D eigenvalue weighted by Gasteiger charge is 2.29. The number of aromatic nitrogens is 3. The smallest absolute Gasteiger partial charge is 0.225 e. The van der Waals surface area contributed by atoms with Crippen molar-refractivity contribution in [3.05, 3.63) is 59.9 Å². The summed E-state index contributed by atoms with van der Waals surface area (Å²) in [4.78, 5) is 18.1. The molecule has 1 atom stereocenters. The summed E-state index contributed by atoms with van der Waals surface area (Å²) in [6.45, 7) is 4.63. The second-order valence-corrected chi connectivity index (χ2v) is 8.64. The summed E-state index contributed by atoms with van der Waals surface area (Å²) in [6.07, 6.45) is 5.59. The Kier molecular flexibility index (Phi) is 5.90. The molecule has 3 aromatic rings. The van der Waals surface area contributed by atoms with Crippen LogP contribution in [0.5, 0.6) is 11.6 Å². The third kappa shape index (κ3) is 4.37. The van der Waals surface area contributed by atoms with Crippen LogP contribution in [-0.4, -0.2) is 54.8 Å². The SMILES string of the molecule is COc1cc(N2CCC(Nc3ncc4c(n3)N(C)C(c3ccccc3C)CO4)CC2)ccn1. The van der Waals surface area contributed by atoms with Gasteiger partial charge < -0.3 is 24.6 Å². The summed E-state index contributed by atoms with van der Waals surface area (Å²) < 4.78 is 11.3. The minimum Gasteiger partial charge on any atom is -0.486 e. The Morgan fingerprint density at radius 3 is 2.73 bits per heavy atom. The maximum Gasteiger partial charge on any atom is 0.225 e. The molecule has 4 heterocycles. The average Bonchev–Trinajstić information content (AvgIpc) is 2.86. The molecule has 0 radical (unpaired) electrons. The van der Waals surface area contributed by atoms with E-state index < -0.39 is 0 Å². The minimum atomic E-state index is 0.127. The highest BCUT2D eigenvalue weighted by Crippen LogP contribution is 2.37. The van der Waals surface area contributed by atoms with E-state index in [1.807, 2.05) is 12.1 Å². The van der Waals surface area contributed by atoms with Crippen LogP contribution in [0.4, 0.5) is 17.5 Å². The molecule has 0 spiro atoms. The normalized spacial score (nSPS) is 18.5. The lowest BCUT2D eigenvalue weighted by Crippen LogP contribution is -2.39. The number of anilines is 3. The van der Waals surface area contributed by atoms with Gasteiger partial charge in [0, 0.05) is 44.1 Å². The zero-order valence-corrected chi connectivity index (χ0v) is 19.4. The number of nitrogens with one attached hydrogen (secondary N) is 1. The standard InChI is InChI=1S/C25H30N6O2/c1-17-6-4-5-7-20(17)21-16-33-22-15-27-25(29-24(22)30(21)2)28-18-9-12-31(13-10-18)19-8-11-26-23(14-19)32-3/h4-8,11,14-15,18,21H,9-10,12-13,16H2,1-3H3,(H,27,28,29). The molecule has 0 aliphatic carbocycles. The van der Waals surface area contributed by atoms with E-state index in [0.29, 0.717) is 24.5 Å². The van der Waals surface area contributed by atoms with Crippen molar-refractivity contribution in [2.75, 3.05) is 49.0 Å². The Morgan fingerprint density at radius 2 is 1.94 bits per heavy atom. The van der Waals surface area contributed by atoms with Crippen molar-refractivity contribution in [2.24, 2.45) is 0 Å². The molecule has 0 amide bonds. The molecule has 1 saturated heterocycles. The molecule has 0 saturated carbocycles. The number of rotatable bonds is 5. The predicted molar refractivity (Wildman–Crippen MR) is 129 cm³/mol. The van der Waals surface area contributed by atoms with E-state index in [0.717, 1.165) is 43.2 Å². The molecule has 2 aliphatic rings. The molecule has 33 heavy (non-hydrogen) atoms. The summed E-state index contributed by atoms with van der Waals surface area (Å²) in [5.74, 6) is 2.85. The lowest BCUT2D eigenvalue weighted by Gasteiger charge is -2.36. The van der Waals surface area contributed by atoms with Gasteiger partial charge >= 0.3 is 0 Å². The zero-order valence-electron chi connectivity index (χ0n) is 19.4. The van der Waals surface area contributed by atoms with Crippen LogP contribution >= 0.6 is 0 Å². The Morgan fingerprint density at radius 1 is 1.12 bits per heavy atom. The van der Waals surface area contributed by atoms with Crippen molar-refractivity contribution in [2.45, 2.75) is 31.8 Å². The third-order valence-electron chi connectivity index (χ3n) is 6.60. The molecular formula is C25H30N6O2. The van der Waals surface area contributed by atoms with E-state index in [1.54, 1.807) is 19.5 Å². The summed E-state index contributed by atoms with van der Waals surface area (Å²) in [6, 6.07) is 12.9. The van der Waals surface area contributed by atoms with Crippen LogP contribution in [0.2, 0.25) is 0 Å². The van der Waals surface area contributed by atoms with Gasteiger partial charge in [-0.25, -0.2) is 9.97 Å². The summed E-state index contributed by atoms with van der Waals surface area (Å²) in [7, 11) is 3.73. The first-order valence-corrected chi connectivity index (χ1v) is 11.4. The fourth-order valence-corrected chi connectivity index (χ4v) is 4.64. The van der Waals surface area contributed by atoms with Gasteiger partial charge in [0.2, 0.25) is 11.8 Å². The van der Waals surface area contributed by atoms with Gasteiger partial charge in [-0.15, -0.1) is 0 Å². The molecule has 2 aliphatic heterocycles. The first-order chi connectivity index (χ1) is 16.1. The number of hydrogen-bond acceptors (Lipinski definition) is 8. The minimum absolute atomic E-state index is 0.127. The molecule has 1 N–H and O–H groups in total. The summed E-state index contributed by atoms with van der Waals surface area (Å²) in [5, 5.41) is 3.54. The fraction of sp³-hybridized carbons (Fsp3) is 0.400. The van der Waals surface area contributed by atoms with Crippen LogP contribution in [-0.2, 0) is 0 Å².